The molecule has 0 spiro atoms. The number of nitrogens with one attached hydrogen (secondary N) is 1. The number of methoxy groups -OCH3 is 1. The number of aromatic amines is 1. The zero-order chi connectivity index (χ0) is 18.6. The number of hydrogen-bond acceptors (Lipinski definition) is 4. The lowest BCUT2D eigenvalue weighted by Crippen LogP contribution is -2.40. The van der Waals surface area contributed by atoms with Crippen molar-refractivity contribution in [3.8, 4) is 11.5 Å². The molecule has 1 aliphatic rings. The van der Waals surface area contributed by atoms with Crippen LogP contribution in [0.25, 0.3) is 11.0 Å². The van der Waals surface area contributed by atoms with Crippen molar-refractivity contribution in [2.75, 3.05) is 26.8 Å². The SMILES string of the molecule is COc1ccccc1OCC(=O)N1CCC(c2nc3ccccc3[nH]2)CC1. The monoisotopic (exact) mass is 365 g/mol. The molecule has 0 aliphatic carbocycles. The van der Waals surface area contributed by atoms with Crippen molar-refractivity contribution in [1.29, 1.82) is 0 Å². The molecule has 2 heterocycles. The zero-order valence-corrected chi connectivity index (χ0v) is 15.4. The molecule has 0 unspecified atom stereocenters. The van der Waals surface area contributed by atoms with Gasteiger partial charge in [-0.15, -0.1) is 0 Å². The average Bonchev–Trinajstić information content (AvgIpc) is 3.16. The van der Waals surface area contributed by atoms with E-state index in [9.17, 15) is 4.79 Å². The molecule has 0 radical (unpaired) electrons. The summed E-state index contributed by atoms with van der Waals surface area (Å²) in [6, 6.07) is 15.4. The predicted octanol–water partition coefficient (Wildman–Crippen LogP) is 3.36. The Morgan fingerprint density at radius 1 is 1.11 bits per heavy atom. The van der Waals surface area contributed by atoms with E-state index in [4.69, 9.17) is 14.5 Å². The lowest BCUT2D eigenvalue weighted by Gasteiger charge is -2.31. The van der Waals surface area contributed by atoms with Gasteiger partial charge in [-0.05, 0) is 37.1 Å². The van der Waals surface area contributed by atoms with E-state index in [0.717, 1.165) is 42.8 Å². The second-order valence-electron chi connectivity index (χ2n) is 6.73. The highest BCUT2D eigenvalue weighted by molar-refractivity contribution is 5.78. The minimum absolute atomic E-state index is 0.00367. The molecule has 4 rings (SSSR count). The quantitative estimate of drug-likeness (QED) is 0.753. The van der Waals surface area contributed by atoms with Gasteiger partial charge in [-0.3, -0.25) is 4.79 Å². The second-order valence-corrected chi connectivity index (χ2v) is 6.73. The molecule has 0 bridgehead atoms. The summed E-state index contributed by atoms with van der Waals surface area (Å²) < 4.78 is 10.9. The summed E-state index contributed by atoms with van der Waals surface area (Å²) in [4.78, 5) is 22.5. The van der Waals surface area contributed by atoms with E-state index in [1.165, 1.54) is 0 Å². The number of nitrogens with zero attached hydrogens (tertiary/aromatic N) is 2. The van der Waals surface area contributed by atoms with E-state index >= 15 is 0 Å². The van der Waals surface area contributed by atoms with Gasteiger partial charge in [0, 0.05) is 19.0 Å². The maximum atomic E-state index is 12.5. The van der Waals surface area contributed by atoms with Crippen LogP contribution in [0.5, 0.6) is 11.5 Å². The Balaban J connectivity index is 1.32. The Kier molecular flexibility index (Phi) is 4.96. The molecule has 1 aliphatic heterocycles. The topological polar surface area (TPSA) is 67.5 Å². The molecule has 1 N–H and O–H groups in total. The molecule has 1 aromatic heterocycles. The van der Waals surface area contributed by atoms with Gasteiger partial charge in [0.2, 0.25) is 0 Å². The van der Waals surface area contributed by atoms with E-state index in [1.54, 1.807) is 13.2 Å². The van der Waals surface area contributed by atoms with Crippen molar-refractivity contribution < 1.29 is 14.3 Å². The van der Waals surface area contributed by atoms with E-state index in [0.29, 0.717) is 17.4 Å². The number of rotatable bonds is 5. The summed E-state index contributed by atoms with van der Waals surface area (Å²) in [6.45, 7) is 1.46. The number of benzene rings is 2. The van der Waals surface area contributed by atoms with Gasteiger partial charge in [-0.2, -0.15) is 0 Å². The number of H-pyrrole nitrogens is 1. The molecule has 2 aromatic carbocycles. The molecule has 1 amide bonds. The van der Waals surface area contributed by atoms with Crippen LogP contribution in [-0.4, -0.2) is 47.6 Å². The number of likely N-dealkylation sites (tertiary alicyclic amines) is 1. The second kappa shape index (κ2) is 7.70. The smallest absolute Gasteiger partial charge is 0.260 e. The van der Waals surface area contributed by atoms with Crippen molar-refractivity contribution in [2.45, 2.75) is 18.8 Å². The Labute approximate surface area is 158 Å². The molecule has 0 saturated carbocycles. The number of aromatic nitrogens is 2. The number of hydrogen-bond donors (Lipinski definition) is 1. The number of fused-ring (bicyclic) bond motifs is 1. The molecule has 1 saturated heterocycles. The third-order valence-corrected chi connectivity index (χ3v) is 5.06. The van der Waals surface area contributed by atoms with Gasteiger partial charge in [0.1, 0.15) is 5.82 Å². The summed E-state index contributed by atoms with van der Waals surface area (Å²) in [5, 5.41) is 0. The minimum atomic E-state index is 0.00367. The van der Waals surface area contributed by atoms with Crippen LogP contribution in [0, 0.1) is 0 Å². The average molecular weight is 365 g/mol. The summed E-state index contributed by atoms with van der Waals surface area (Å²) >= 11 is 0. The Morgan fingerprint density at radius 2 is 1.81 bits per heavy atom. The summed E-state index contributed by atoms with van der Waals surface area (Å²) in [7, 11) is 1.59. The van der Waals surface area contributed by atoms with Gasteiger partial charge in [0.25, 0.3) is 5.91 Å². The molecule has 27 heavy (non-hydrogen) atoms. The Morgan fingerprint density at radius 3 is 2.56 bits per heavy atom. The minimum Gasteiger partial charge on any atom is -0.493 e. The first kappa shape index (κ1) is 17.4. The molecule has 140 valence electrons. The van der Waals surface area contributed by atoms with Gasteiger partial charge in [-0.25, -0.2) is 4.98 Å². The maximum absolute atomic E-state index is 12.5. The number of piperidine rings is 1. The summed E-state index contributed by atoms with van der Waals surface area (Å²) in [5.41, 5.74) is 2.06. The number of ether oxygens (including phenoxy) is 2. The third-order valence-electron chi connectivity index (χ3n) is 5.06. The molecule has 6 nitrogen and oxygen atoms in total. The first-order valence-corrected chi connectivity index (χ1v) is 9.23. The van der Waals surface area contributed by atoms with Crippen LogP contribution in [-0.2, 0) is 4.79 Å². The van der Waals surface area contributed by atoms with Crippen molar-refractivity contribution in [3.63, 3.8) is 0 Å². The van der Waals surface area contributed by atoms with Crippen LogP contribution >= 0.6 is 0 Å². The van der Waals surface area contributed by atoms with E-state index in [-0.39, 0.29) is 12.5 Å². The van der Waals surface area contributed by atoms with Gasteiger partial charge < -0.3 is 19.4 Å². The van der Waals surface area contributed by atoms with Crippen LogP contribution in [0.3, 0.4) is 0 Å². The molecule has 1 fully saturated rings. The molecular weight excluding hydrogens is 342 g/mol. The number of para-hydroxylation sites is 4. The fraction of sp³-hybridized carbons (Fsp3) is 0.333. The highest BCUT2D eigenvalue weighted by Gasteiger charge is 2.26. The summed E-state index contributed by atoms with van der Waals surface area (Å²) in [5.74, 6) is 2.61. The number of carbonyl (C=O) groups excluding carboxylic acids is 1. The molecule has 6 heteroatoms. The maximum Gasteiger partial charge on any atom is 0.260 e. The van der Waals surface area contributed by atoms with Crippen molar-refractivity contribution in [3.05, 3.63) is 54.4 Å². The Bertz CT molecular complexity index is 896. The van der Waals surface area contributed by atoms with E-state index in [2.05, 4.69) is 4.98 Å². The molecule has 3 aromatic rings. The number of carbonyl (C=O) groups is 1. The summed E-state index contributed by atoms with van der Waals surface area (Å²) in [6.07, 6.45) is 1.81. The van der Waals surface area contributed by atoms with Gasteiger partial charge in [-0.1, -0.05) is 24.3 Å². The highest BCUT2D eigenvalue weighted by atomic mass is 16.5. The molecular formula is C21H23N3O3. The van der Waals surface area contributed by atoms with Crippen molar-refractivity contribution in [2.24, 2.45) is 0 Å². The number of amides is 1. The third kappa shape index (κ3) is 3.74. The first-order chi connectivity index (χ1) is 13.2. The fourth-order valence-corrected chi connectivity index (χ4v) is 3.54. The first-order valence-electron chi connectivity index (χ1n) is 9.23. The van der Waals surface area contributed by atoms with Crippen LogP contribution in [0.4, 0.5) is 0 Å². The standard InChI is InChI=1S/C21H23N3O3/c1-26-18-8-4-5-9-19(18)27-14-20(25)24-12-10-15(11-13-24)21-22-16-6-2-3-7-17(16)23-21/h2-9,15H,10-14H2,1H3,(H,22,23). The fourth-order valence-electron chi connectivity index (χ4n) is 3.54. The van der Waals surface area contributed by atoms with Crippen molar-refractivity contribution in [1.82, 2.24) is 14.9 Å². The van der Waals surface area contributed by atoms with Gasteiger partial charge in [0.15, 0.2) is 18.1 Å². The largest absolute Gasteiger partial charge is 0.493 e. The lowest BCUT2D eigenvalue weighted by atomic mass is 9.96. The van der Waals surface area contributed by atoms with Crippen molar-refractivity contribution >= 4 is 16.9 Å². The van der Waals surface area contributed by atoms with E-state index in [1.807, 2.05) is 47.4 Å². The van der Waals surface area contributed by atoms with Gasteiger partial charge >= 0.3 is 0 Å². The zero-order valence-electron chi connectivity index (χ0n) is 15.4. The molecule has 0 atom stereocenters. The highest BCUT2D eigenvalue weighted by Crippen LogP contribution is 2.28. The van der Waals surface area contributed by atoms with E-state index < -0.39 is 0 Å². The van der Waals surface area contributed by atoms with Crippen LogP contribution < -0.4 is 9.47 Å². The van der Waals surface area contributed by atoms with Crippen LogP contribution in [0.1, 0.15) is 24.6 Å². The number of imidazole rings is 1. The predicted molar refractivity (Wildman–Crippen MR) is 103 cm³/mol. The van der Waals surface area contributed by atoms with Crippen LogP contribution in [0.15, 0.2) is 48.5 Å². The lowest BCUT2D eigenvalue weighted by molar-refractivity contribution is -0.134. The normalized spacial score (nSPS) is 15.1. The Hall–Kier alpha value is -3.02. The van der Waals surface area contributed by atoms with Crippen LogP contribution in [0.2, 0.25) is 0 Å². The van der Waals surface area contributed by atoms with Gasteiger partial charge in [0.05, 0.1) is 18.1 Å².